The zero-order valence-electron chi connectivity index (χ0n) is 10.4. The van der Waals surface area contributed by atoms with Gasteiger partial charge in [0, 0.05) is 31.9 Å². The highest BCUT2D eigenvalue weighted by molar-refractivity contribution is 6.29. The molecule has 0 N–H and O–H groups in total. The maximum absolute atomic E-state index is 6.07. The Bertz CT molecular complexity index is 729. The van der Waals surface area contributed by atoms with Crippen LogP contribution in [0.2, 0.25) is 5.15 Å². The van der Waals surface area contributed by atoms with Crippen LogP contribution in [0.4, 0.5) is 0 Å². The number of aryl methyl sites for hydroxylation is 2. The smallest absolute Gasteiger partial charge is 0.179 e. The van der Waals surface area contributed by atoms with Crippen LogP contribution in [0.15, 0.2) is 31.0 Å². The van der Waals surface area contributed by atoms with Crippen molar-refractivity contribution in [2.45, 2.75) is 0 Å². The normalized spacial score (nSPS) is 10.9. The van der Waals surface area contributed by atoms with Crippen LogP contribution in [-0.4, -0.2) is 29.3 Å². The van der Waals surface area contributed by atoms with E-state index in [0.29, 0.717) is 11.0 Å². The summed E-state index contributed by atoms with van der Waals surface area (Å²) in [5.74, 6) is 0.548. The maximum Gasteiger partial charge on any atom is 0.179 e. The van der Waals surface area contributed by atoms with Gasteiger partial charge in [0.25, 0.3) is 0 Å². The number of hydrogen-bond donors (Lipinski definition) is 0. The molecule has 0 saturated carbocycles. The van der Waals surface area contributed by atoms with Crippen molar-refractivity contribution in [3.05, 3.63) is 36.1 Å². The second kappa shape index (κ2) is 4.47. The number of hydrogen-bond acceptors (Lipinski definition) is 4. The first kappa shape index (κ1) is 11.9. The summed E-state index contributed by atoms with van der Waals surface area (Å²) in [6.45, 7) is 0. The molecule has 0 aliphatic heterocycles. The number of aromatic nitrogens is 6. The summed E-state index contributed by atoms with van der Waals surface area (Å²) >= 11 is 6.07. The largest absolute Gasteiger partial charge is 0.331 e. The van der Waals surface area contributed by atoms with Crippen LogP contribution in [0, 0.1) is 0 Å². The highest BCUT2D eigenvalue weighted by atomic mass is 35.5. The molecule has 3 aromatic heterocycles. The standard InChI is InChI=1S/C12H11ClN6/c1-18-7-14-5-10(18)12-16-9(3-11(13)17-12)8-4-15-19(2)6-8/h3-7H,1-2H3. The molecule has 3 aromatic rings. The van der Waals surface area contributed by atoms with Gasteiger partial charge in [0.15, 0.2) is 5.82 Å². The molecule has 0 aliphatic carbocycles. The third-order valence-corrected chi connectivity index (χ3v) is 2.93. The Labute approximate surface area is 114 Å². The first-order valence-electron chi connectivity index (χ1n) is 5.64. The Morgan fingerprint density at radius 1 is 1.16 bits per heavy atom. The Kier molecular flexibility index (Phi) is 2.79. The molecule has 6 nitrogen and oxygen atoms in total. The molecule has 0 aliphatic rings. The van der Waals surface area contributed by atoms with Crippen molar-refractivity contribution in [3.8, 4) is 22.8 Å². The lowest BCUT2D eigenvalue weighted by Crippen LogP contribution is -1.97. The van der Waals surface area contributed by atoms with Crippen LogP contribution in [0.25, 0.3) is 22.8 Å². The van der Waals surface area contributed by atoms with Gasteiger partial charge in [0.2, 0.25) is 0 Å². The predicted molar refractivity (Wildman–Crippen MR) is 71.4 cm³/mol. The molecular weight excluding hydrogens is 264 g/mol. The second-order valence-electron chi connectivity index (χ2n) is 4.19. The van der Waals surface area contributed by atoms with Gasteiger partial charge >= 0.3 is 0 Å². The molecule has 0 radical (unpaired) electrons. The maximum atomic E-state index is 6.07. The van der Waals surface area contributed by atoms with Gasteiger partial charge < -0.3 is 4.57 Å². The molecule has 0 aromatic carbocycles. The van der Waals surface area contributed by atoms with Crippen LogP contribution >= 0.6 is 11.6 Å². The highest BCUT2D eigenvalue weighted by Gasteiger charge is 2.11. The van der Waals surface area contributed by atoms with E-state index in [1.54, 1.807) is 29.5 Å². The fourth-order valence-corrected chi connectivity index (χ4v) is 1.99. The van der Waals surface area contributed by atoms with E-state index in [0.717, 1.165) is 17.0 Å². The molecule has 0 unspecified atom stereocenters. The van der Waals surface area contributed by atoms with Crippen LogP contribution in [-0.2, 0) is 14.1 Å². The molecule has 0 atom stereocenters. The molecule has 7 heteroatoms. The summed E-state index contributed by atoms with van der Waals surface area (Å²) in [5.41, 5.74) is 2.45. The minimum absolute atomic E-state index is 0.394. The Morgan fingerprint density at radius 2 is 2.00 bits per heavy atom. The van der Waals surface area contributed by atoms with Gasteiger partial charge in [0.05, 0.1) is 24.4 Å². The molecule has 3 heterocycles. The molecular formula is C12H11ClN6. The summed E-state index contributed by atoms with van der Waals surface area (Å²) in [7, 11) is 3.74. The fraction of sp³-hybridized carbons (Fsp3) is 0.167. The van der Waals surface area contributed by atoms with E-state index in [9.17, 15) is 0 Å². The van der Waals surface area contributed by atoms with E-state index in [1.165, 1.54) is 0 Å². The lowest BCUT2D eigenvalue weighted by molar-refractivity contribution is 0.768. The predicted octanol–water partition coefficient (Wildman–Crippen LogP) is 1.93. The van der Waals surface area contributed by atoms with Crippen molar-refractivity contribution in [1.82, 2.24) is 29.3 Å². The topological polar surface area (TPSA) is 61.4 Å². The van der Waals surface area contributed by atoms with Crippen LogP contribution in [0.5, 0.6) is 0 Å². The van der Waals surface area contributed by atoms with Crippen molar-refractivity contribution < 1.29 is 0 Å². The first-order valence-corrected chi connectivity index (χ1v) is 6.01. The molecule has 96 valence electrons. The van der Waals surface area contributed by atoms with E-state index < -0.39 is 0 Å². The van der Waals surface area contributed by atoms with Crippen molar-refractivity contribution >= 4 is 11.6 Å². The number of imidazole rings is 1. The van der Waals surface area contributed by atoms with E-state index in [4.69, 9.17) is 11.6 Å². The van der Waals surface area contributed by atoms with Crippen molar-refractivity contribution in [3.63, 3.8) is 0 Å². The minimum atomic E-state index is 0.394. The van der Waals surface area contributed by atoms with Gasteiger partial charge in [0.1, 0.15) is 10.8 Å². The number of halogens is 1. The second-order valence-corrected chi connectivity index (χ2v) is 4.58. The molecule has 3 rings (SSSR count). The fourth-order valence-electron chi connectivity index (χ4n) is 1.81. The molecule has 0 bridgehead atoms. The first-order chi connectivity index (χ1) is 9.13. The quantitative estimate of drug-likeness (QED) is 0.670. The minimum Gasteiger partial charge on any atom is -0.331 e. The molecule has 0 fully saturated rings. The van der Waals surface area contributed by atoms with Gasteiger partial charge in [-0.1, -0.05) is 11.6 Å². The molecule has 0 spiro atoms. The van der Waals surface area contributed by atoms with E-state index in [1.807, 2.05) is 24.9 Å². The van der Waals surface area contributed by atoms with Crippen molar-refractivity contribution in [2.24, 2.45) is 14.1 Å². The zero-order chi connectivity index (χ0) is 13.4. The summed E-state index contributed by atoms with van der Waals surface area (Å²) < 4.78 is 3.56. The lowest BCUT2D eigenvalue weighted by atomic mass is 10.2. The average Bonchev–Trinajstić information content (AvgIpc) is 2.97. The Morgan fingerprint density at radius 3 is 2.63 bits per heavy atom. The van der Waals surface area contributed by atoms with Gasteiger partial charge in [-0.25, -0.2) is 15.0 Å². The third-order valence-electron chi connectivity index (χ3n) is 2.74. The van der Waals surface area contributed by atoms with E-state index in [2.05, 4.69) is 20.1 Å². The van der Waals surface area contributed by atoms with E-state index >= 15 is 0 Å². The molecule has 19 heavy (non-hydrogen) atoms. The summed E-state index contributed by atoms with van der Waals surface area (Å²) in [6.07, 6.45) is 7.03. The van der Waals surface area contributed by atoms with Gasteiger partial charge in [-0.05, 0) is 0 Å². The van der Waals surface area contributed by atoms with E-state index in [-0.39, 0.29) is 0 Å². The van der Waals surface area contributed by atoms with Gasteiger partial charge in [-0.3, -0.25) is 4.68 Å². The summed E-state index contributed by atoms with van der Waals surface area (Å²) in [6, 6.07) is 1.72. The van der Waals surface area contributed by atoms with Crippen LogP contribution in [0.3, 0.4) is 0 Å². The third kappa shape index (κ3) is 2.22. The monoisotopic (exact) mass is 274 g/mol. The van der Waals surface area contributed by atoms with Crippen molar-refractivity contribution in [2.75, 3.05) is 0 Å². The average molecular weight is 275 g/mol. The van der Waals surface area contributed by atoms with Gasteiger partial charge in [-0.15, -0.1) is 0 Å². The molecule has 0 saturated heterocycles. The van der Waals surface area contributed by atoms with Gasteiger partial charge in [-0.2, -0.15) is 5.10 Å². The zero-order valence-corrected chi connectivity index (χ0v) is 11.2. The number of nitrogens with zero attached hydrogens (tertiary/aromatic N) is 6. The summed E-state index contributed by atoms with van der Waals surface area (Å²) in [4.78, 5) is 12.8. The Balaban J connectivity index is 2.13. The summed E-state index contributed by atoms with van der Waals surface area (Å²) in [5, 5.41) is 4.52. The highest BCUT2D eigenvalue weighted by Crippen LogP contribution is 2.23. The lowest BCUT2D eigenvalue weighted by Gasteiger charge is -2.04. The van der Waals surface area contributed by atoms with Crippen LogP contribution < -0.4 is 0 Å². The molecule has 0 amide bonds. The van der Waals surface area contributed by atoms with Crippen molar-refractivity contribution in [1.29, 1.82) is 0 Å². The Hall–Kier alpha value is -2.21. The van der Waals surface area contributed by atoms with Crippen LogP contribution in [0.1, 0.15) is 0 Å². The number of rotatable bonds is 2. The SMILES string of the molecule is Cn1cc(-c2cc(Cl)nc(-c3cncn3C)n2)cn1.